The monoisotopic (exact) mass is 290 g/mol. The largest absolute Gasteiger partial charge is 0.481 e. The van der Waals surface area contributed by atoms with Gasteiger partial charge in [-0.2, -0.15) is 0 Å². The van der Waals surface area contributed by atoms with E-state index in [0.29, 0.717) is 12.6 Å². The third-order valence-electron chi connectivity index (χ3n) is 2.26. The highest BCUT2D eigenvalue weighted by molar-refractivity contribution is 9.10. The number of halogens is 1. The van der Waals surface area contributed by atoms with Crippen molar-refractivity contribution < 1.29 is 9.90 Å². The van der Waals surface area contributed by atoms with E-state index in [-0.39, 0.29) is 6.42 Å². The van der Waals surface area contributed by atoms with Crippen molar-refractivity contribution in [3.05, 3.63) is 9.98 Å². The summed E-state index contributed by atoms with van der Waals surface area (Å²) in [6.45, 7) is 0.556. The number of aromatic nitrogens is 1. The van der Waals surface area contributed by atoms with Crippen LogP contribution >= 0.6 is 27.3 Å². The molecule has 0 aromatic carbocycles. The Morgan fingerprint density at radius 3 is 2.93 bits per heavy atom. The minimum atomic E-state index is -0.753. The Hall–Kier alpha value is -0.620. The van der Waals surface area contributed by atoms with Gasteiger partial charge in [0.15, 0.2) is 5.13 Å². The second-order valence-electron chi connectivity index (χ2n) is 3.52. The fourth-order valence-corrected chi connectivity index (χ4v) is 2.76. The van der Waals surface area contributed by atoms with Gasteiger partial charge in [-0.15, -0.1) is 11.3 Å². The zero-order chi connectivity index (χ0) is 10.8. The first-order valence-corrected chi connectivity index (χ1v) is 6.43. The van der Waals surface area contributed by atoms with Crippen LogP contribution in [0.1, 0.15) is 19.3 Å². The van der Waals surface area contributed by atoms with Gasteiger partial charge in [0.1, 0.15) is 4.60 Å². The van der Waals surface area contributed by atoms with Crippen molar-refractivity contribution in [3.63, 3.8) is 0 Å². The number of rotatable bonds is 5. The zero-order valence-electron chi connectivity index (χ0n) is 8.02. The van der Waals surface area contributed by atoms with Gasteiger partial charge in [0, 0.05) is 18.0 Å². The molecule has 1 aromatic rings. The van der Waals surface area contributed by atoms with Crippen molar-refractivity contribution in [2.24, 2.45) is 0 Å². The van der Waals surface area contributed by atoms with Gasteiger partial charge in [-0.25, -0.2) is 4.98 Å². The first kappa shape index (κ1) is 10.9. The van der Waals surface area contributed by atoms with Crippen LogP contribution in [0.3, 0.4) is 0 Å². The lowest BCUT2D eigenvalue weighted by Crippen LogP contribution is -2.28. The molecule has 0 amide bonds. The van der Waals surface area contributed by atoms with Crippen LogP contribution < -0.4 is 4.90 Å². The van der Waals surface area contributed by atoms with Gasteiger partial charge in [0.05, 0.1) is 6.42 Å². The van der Waals surface area contributed by atoms with Crippen LogP contribution in [0, 0.1) is 0 Å². The molecule has 0 spiro atoms. The Kier molecular flexibility index (Phi) is 3.25. The molecular weight excluding hydrogens is 280 g/mol. The molecule has 4 nitrogen and oxygen atoms in total. The molecule has 0 atom stereocenters. The summed E-state index contributed by atoms with van der Waals surface area (Å²) in [6, 6.07) is 0.502. The minimum absolute atomic E-state index is 0.174. The molecule has 0 aliphatic heterocycles. The van der Waals surface area contributed by atoms with Crippen LogP contribution in [0.15, 0.2) is 9.98 Å². The van der Waals surface area contributed by atoms with Crippen LogP contribution in [-0.4, -0.2) is 28.6 Å². The quantitative estimate of drug-likeness (QED) is 0.904. The molecule has 6 heteroatoms. The van der Waals surface area contributed by atoms with E-state index in [1.807, 2.05) is 5.38 Å². The lowest BCUT2D eigenvalue weighted by atomic mass is 10.4. The third kappa shape index (κ3) is 2.92. The molecule has 2 rings (SSSR count). The number of aliphatic carboxylic acids is 1. The molecular formula is C9H11BrN2O2S. The van der Waals surface area contributed by atoms with Gasteiger partial charge >= 0.3 is 5.97 Å². The Morgan fingerprint density at radius 1 is 1.73 bits per heavy atom. The average molecular weight is 291 g/mol. The summed E-state index contributed by atoms with van der Waals surface area (Å²) in [4.78, 5) is 16.9. The van der Waals surface area contributed by atoms with Gasteiger partial charge in [-0.1, -0.05) is 0 Å². The fourth-order valence-electron chi connectivity index (χ4n) is 1.41. The van der Waals surface area contributed by atoms with Gasteiger partial charge < -0.3 is 10.0 Å². The van der Waals surface area contributed by atoms with E-state index in [2.05, 4.69) is 25.8 Å². The molecule has 1 saturated carbocycles. The Labute approximate surface area is 100 Å². The van der Waals surface area contributed by atoms with E-state index in [1.165, 1.54) is 0 Å². The van der Waals surface area contributed by atoms with Gasteiger partial charge in [0.25, 0.3) is 0 Å². The summed E-state index contributed by atoms with van der Waals surface area (Å²) >= 11 is 4.86. The number of carboxylic acid groups (broad SMARTS) is 1. The highest BCUT2D eigenvalue weighted by atomic mass is 79.9. The van der Waals surface area contributed by atoms with E-state index in [4.69, 9.17) is 5.11 Å². The molecule has 1 fully saturated rings. The second-order valence-corrected chi connectivity index (χ2v) is 5.17. The number of carboxylic acids is 1. The molecule has 1 heterocycles. The standard InChI is InChI=1S/C9H11BrN2O2S/c10-7-5-15-9(11-7)12(6-1-2-6)4-3-8(13)14/h5-6H,1-4H2,(H,13,14). The Balaban J connectivity index is 2.02. The first-order chi connectivity index (χ1) is 7.16. The van der Waals surface area contributed by atoms with E-state index >= 15 is 0 Å². The molecule has 1 aliphatic rings. The van der Waals surface area contributed by atoms with E-state index in [0.717, 1.165) is 22.6 Å². The predicted octanol–water partition coefficient (Wildman–Crippen LogP) is 2.35. The maximum atomic E-state index is 10.5. The lowest BCUT2D eigenvalue weighted by Gasteiger charge is -2.20. The third-order valence-corrected chi connectivity index (χ3v) is 3.85. The number of hydrogen-bond donors (Lipinski definition) is 1. The van der Waals surface area contributed by atoms with Crippen LogP contribution in [-0.2, 0) is 4.79 Å². The van der Waals surface area contributed by atoms with E-state index < -0.39 is 5.97 Å². The minimum Gasteiger partial charge on any atom is -0.481 e. The zero-order valence-corrected chi connectivity index (χ0v) is 10.4. The van der Waals surface area contributed by atoms with Crippen LogP contribution in [0.25, 0.3) is 0 Å². The van der Waals surface area contributed by atoms with Gasteiger partial charge in [-0.05, 0) is 28.8 Å². The first-order valence-electron chi connectivity index (χ1n) is 4.76. The lowest BCUT2D eigenvalue weighted by molar-refractivity contribution is -0.136. The molecule has 0 bridgehead atoms. The molecule has 1 aliphatic carbocycles. The van der Waals surface area contributed by atoms with E-state index in [1.54, 1.807) is 11.3 Å². The number of thiazole rings is 1. The maximum Gasteiger partial charge on any atom is 0.305 e. The summed E-state index contributed by atoms with van der Waals surface area (Å²) in [7, 11) is 0. The smallest absolute Gasteiger partial charge is 0.305 e. The molecule has 0 unspecified atom stereocenters. The summed E-state index contributed by atoms with van der Waals surface area (Å²) in [5.41, 5.74) is 0. The van der Waals surface area contributed by atoms with Crippen molar-refractivity contribution in [3.8, 4) is 0 Å². The van der Waals surface area contributed by atoms with Crippen molar-refractivity contribution in [1.82, 2.24) is 4.98 Å². The molecule has 15 heavy (non-hydrogen) atoms. The number of hydrogen-bond acceptors (Lipinski definition) is 4. The topological polar surface area (TPSA) is 53.4 Å². The number of nitrogens with zero attached hydrogens (tertiary/aromatic N) is 2. The van der Waals surface area contributed by atoms with Crippen molar-refractivity contribution >= 4 is 38.4 Å². The number of anilines is 1. The second kappa shape index (κ2) is 4.49. The summed E-state index contributed by atoms with van der Waals surface area (Å²) in [6.07, 6.45) is 2.47. The van der Waals surface area contributed by atoms with Crippen molar-refractivity contribution in [1.29, 1.82) is 0 Å². The fraction of sp³-hybridized carbons (Fsp3) is 0.556. The average Bonchev–Trinajstić information content (AvgIpc) is 2.90. The number of carbonyl (C=O) groups is 1. The maximum absolute atomic E-state index is 10.5. The summed E-state index contributed by atoms with van der Waals surface area (Å²) in [5.74, 6) is -0.753. The molecule has 0 radical (unpaired) electrons. The predicted molar refractivity (Wildman–Crippen MR) is 62.4 cm³/mol. The van der Waals surface area contributed by atoms with Gasteiger partial charge in [0.2, 0.25) is 0 Å². The normalized spacial score (nSPS) is 15.3. The summed E-state index contributed by atoms with van der Waals surface area (Å²) in [5, 5.41) is 11.5. The van der Waals surface area contributed by atoms with Gasteiger partial charge in [-0.3, -0.25) is 4.79 Å². The molecule has 82 valence electrons. The highest BCUT2D eigenvalue weighted by Gasteiger charge is 2.30. The molecule has 1 aromatic heterocycles. The molecule has 0 saturated heterocycles. The van der Waals surface area contributed by atoms with E-state index in [9.17, 15) is 4.79 Å². The summed E-state index contributed by atoms with van der Waals surface area (Å²) < 4.78 is 0.823. The van der Waals surface area contributed by atoms with Crippen LogP contribution in [0.4, 0.5) is 5.13 Å². The highest BCUT2D eigenvalue weighted by Crippen LogP contribution is 2.34. The van der Waals surface area contributed by atoms with Crippen LogP contribution in [0.2, 0.25) is 0 Å². The molecule has 1 N–H and O–H groups in total. The van der Waals surface area contributed by atoms with Crippen molar-refractivity contribution in [2.75, 3.05) is 11.4 Å². The SMILES string of the molecule is O=C(O)CCN(c1nc(Br)cs1)C1CC1. The van der Waals surface area contributed by atoms with Crippen molar-refractivity contribution in [2.45, 2.75) is 25.3 Å². The van der Waals surface area contributed by atoms with Crippen LogP contribution in [0.5, 0.6) is 0 Å². The Morgan fingerprint density at radius 2 is 2.47 bits per heavy atom. The Bertz CT molecular complexity index is 365.